The van der Waals surface area contributed by atoms with Gasteiger partial charge in [-0.2, -0.15) is 13.2 Å². The number of imidazole rings is 2. The molecule has 6 rings (SSSR count). The molecule has 0 bridgehead atoms. The van der Waals surface area contributed by atoms with Crippen LogP contribution in [0, 0.1) is 5.82 Å². The van der Waals surface area contributed by atoms with E-state index in [9.17, 15) is 27.2 Å². The molecule has 6 aromatic rings. The number of hydrogen-bond donors (Lipinski definition) is 0. The molecule has 16 heteroatoms. The molecule has 0 amide bonds. The molecule has 0 radical (unpaired) electrons. The van der Waals surface area contributed by atoms with Gasteiger partial charge in [0, 0.05) is 76.6 Å². The number of halogens is 4. The summed E-state index contributed by atoms with van der Waals surface area (Å²) in [6.07, 6.45) is 2.98. The van der Waals surface area contributed by atoms with Crippen molar-refractivity contribution in [1.82, 2.24) is 19.1 Å². The summed E-state index contributed by atoms with van der Waals surface area (Å²) in [6, 6.07) is 22.9. The fourth-order valence-corrected chi connectivity index (χ4v) is 7.10. The highest BCUT2D eigenvalue weighted by Gasteiger charge is 2.30. The first-order valence-corrected chi connectivity index (χ1v) is 21.8. The van der Waals surface area contributed by atoms with Gasteiger partial charge >= 0.3 is 18.1 Å². The molecule has 4 aromatic carbocycles. The van der Waals surface area contributed by atoms with E-state index < -0.39 is 11.7 Å². The largest absolute Gasteiger partial charge is 0.494 e. The van der Waals surface area contributed by atoms with E-state index in [1.165, 1.54) is 38.5 Å². The minimum Gasteiger partial charge on any atom is -0.494 e. The normalized spacial score (nSPS) is 11.4. The number of rotatable bonds is 24. The topological polar surface area (TPSA) is 125 Å². The van der Waals surface area contributed by atoms with Gasteiger partial charge in [-0.3, -0.25) is 9.59 Å². The monoisotopic (exact) mass is 906 g/mol. The van der Waals surface area contributed by atoms with Crippen LogP contribution in [-0.2, 0) is 47.8 Å². The highest BCUT2D eigenvalue weighted by molar-refractivity contribution is 5.83. The molecule has 350 valence electrons. The van der Waals surface area contributed by atoms with Crippen LogP contribution in [0.15, 0.2) is 84.9 Å². The van der Waals surface area contributed by atoms with Gasteiger partial charge in [-0.25, -0.2) is 14.4 Å². The maximum absolute atomic E-state index is 13.4. The van der Waals surface area contributed by atoms with Crippen molar-refractivity contribution in [2.24, 2.45) is 0 Å². The number of fused-ring (bicyclic) bond motifs is 2. The number of carbonyl (C=O) groups is 2. The van der Waals surface area contributed by atoms with Gasteiger partial charge in [-0.05, 0) is 112 Å². The second-order valence-corrected chi connectivity index (χ2v) is 15.2. The summed E-state index contributed by atoms with van der Waals surface area (Å²) in [5.74, 6) is 2.20. The number of aromatic nitrogens is 4. The Kier molecular flexibility index (Phi) is 19.6. The van der Waals surface area contributed by atoms with Crippen LogP contribution in [0.3, 0.4) is 0 Å². The van der Waals surface area contributed by atoms with Crippen LogP contribution in [0.5, 0.6) is 11.5 Å². The maximum atomic E-state index is 13.4. The van der Waals surface area contributed by atoms with Crippen LogP contribution >= 0.6 is 0 Å². The Morgan fingerprint density at radius 3 is 1.37 bits per heavy atom. The summed E-state index contributed by atoms with van der Waals surface area (Å²) >= 11 is 0. The molecule has 0 fully saturated rings. The molecule has 0 aliphatic carbocycles. The number of aryl methyl sites for hydroxylation is 2. The summed E-state index contributed by atoms with van der Waals surface area (Å²) in [4.78, 5) is 31.8. The molecule has 0 saturated heterocycles. The van der Waals surface area contributed by atoms with Crippen molar-refractivity contribution >= 4 is 34.0 Å². The van der Waals surface area contributed by atoms with Crippen molar-refractivity contribution in [2.75, 3.05) is 54.9 Å². The van der Waals surface area contributed by atoms with Crippen molar-refractivity contribution < 1.29 is 55.6 Å². The summed E-state index contributed by atoms with van der Waals surface area (Å²) in [5.41, 5.74) is 4.19. The highest BCUT2D eigenvalue weighted by Crippen LogP contribution is 2.33. The van der Waals surface area contributed by atoms with E-state index in [1.807, 2.05) is 41.0 Å². The van der Waals surface area contributed by atoms with E-state index >= 15 is 0 Å². The van der Waals surface area contributed by atoms with Gasteiger partial charge in [0.05, 0.1) is 55.1 Å². The van der Waals surface area contributed by atoms with E-state index in [0.29, 0.717) is 63.0 Å². The van der Waals surface area contributed by atoms with Crippen LogP contribution in [0.1, 0.15) is 69.8 Å². The smallest absolute Gasteiger partial charge is 0.416 e. The van der Waals surface area contributed by atoms with Crippen LogP contribution < -0.4 is 9.47 Å². The van der Waals surface area contributed by atoms with Crippen LogP contribution in [0.4, 0.5) is 17.6 Å². The standard InChI is InChI=1S/C25H29F3N2O4.C24H29FN2O4/c1-32-15-6-14-30-22-17-20(34-16-5-3-4-7-23(31)33-2)12-13-21(22)29-24(30)18-8-10-19(11-9-18)25(26,27)28;1-29-15-6-14-27-22-17-20(31-16-5-3-4-7-23(28)30-2)12-13-21(22)26-24(27)18-8-10-19(25)11-9-18/h8-13,17H,3-7,14-16H2,1-2H3;8-13,17H,3-7,14-16H2,1-2H3. The number of carbonyl (C=O) groups excluding carboxylic acids is 2. The summed E-state index contributed by atoms with van der Waals surface area (Å²) in [5, 5.41) is 0. The number of alkyl halides is 3. The maximum Gasteiger partial charge on any atom is 0.416 e. The fourth-order valence-electron chi connectivity index (χ4n) is 7.10. The van der Waals surface area contributed by atoms with Gasteiger partial charge < -0.3 is 37.6 Å². The third kappa shape index (κ3) is 15.0. The molecule has 2 heterocycles. The van der Waals surface area contributed by atoms with Gasteiger partial charge in [0.1, 0.15) is 29.0 Å². The number of esters is 2. The molecule has 0 N–H and O–H groups in total. The predicted molar refractivity (Wildman–Crippen MR) is 240 cm³/mol. The number of benzene rings is 4. The molecule has 0 saturated carbocycles. The molecule has 12 nitrogen and oxygen atoms in total. The lowest BCUT2D eigenvalue weighted by molar-refractivity contribution is -0.141. The quantitative estimate of drug-likeness (QED) is 0.0329. The molecule has 2 aromatic heterocycles. The Bertz CT molecular complexity index is 2400. The van der Waals surface area contributed by atoms with Gasteiger partial charge in [0.2, 0.25) is 0 Å². The Labute approximate surface area is 376 Å². The first kappa shape index (κ1) is 50.0. The van der Waals surface area contributed by atoms with E-state index in [4.69, 9.17) is 23.9 Å². The predicted octanol–water partition coefficient (Wildman–Crippen LogP) is 10.9. The second-order valence-electron chi connectivity index (χ2n) is 15.2. The van der Waals surface area contributed by atoms with Crippen molar-refractivity contribution in [3.8, 4) is 34.3 Å². The van der Waals surface area contributed by atoms with Crippen LogP contribution in [0.2, 0.25) is 0 Å². The third-order valence-electron chi connectivity index (χ3n) is 10.5. The molecule has 0 aliphatic rings. The van der Waals surface area contributed by atoms with E-state index in [2.05, 4.69) is 19.0 Å². The molecule has 0 aliphatic heterocycles. The Morgan fingerprint density at radius 2 is 0.969 bits per heavy atom. The minimum atomic E-state index is -4.39. The number of nitrogens with zero attached hydrogens (tertiary/aromatic N) is 4. The SMILES string of the molecule is COCCCn1c(-c2ccc(C(F)(F)F)cc2)nc2ccc(OCCCCCC(=O)OC)cc21.COCCCn1c(-c2ccc(F)cc2)nc2ccc(OCCCCCC(=O)OC)cc21. The molecular formula is C49H58F4N4O8. The first-order valence-electron chi connectivity index (χ1n) is 21.8. The zero-order valence-corrected chi connectivity index (χ0v) is 37.5. The lowest BCUT2D eigenvalue weighted by atomic mass is 10.1. The number of unbranched alkanes of at least 4 members (excludes halogenated alkanes) is 4. The van der Waals surface area contributed by atoms with Gasteiger partial charge in [0.15, 0.2) is 0 Å². The van der Waals surface area contributed by atoms with E-state index in [0.717, 1.165) is 109 Å². The number of hydrogen-bond acceptors (Lipinski definition) is 10. The second kappa shape index (κ2) is 25.5. The Balaban J connectivity index is 0.000000245. The minimum absolute atomic E-state index is 0.176. The third-order valence-corrected chi connectivity index (χ3v) is 10.5. The van der Waals surface area contributed by atoms with Gasteiger partial charge in [-0.15, -0.1) is 0 Å². The lowest BCUT2D eigenvalue weighted by Crippen LogP contribution is -2.06. The molecule has 0 atom stereocenters. The van der Waals surface area contributed by atoms with Crippen molar-refractivity contribution in [3.05, 3.63) is 96.3 Å². The van der Waals surface area contributed by atoms with Crippen molar-refractivity contribution in [2.45, 2.75) is 83.5 Å². The Hall–Kier alpha value is -6.00. The van der Waals surface area contributed by atoms with E-state index in [-0.39, 0.29) is 17.8 Å². The van der Waals surface area contributed by atoms with Crippen LogP contribution in [0.25, 0.3) is 44.8 Å². The zero-order valence-electron chi connectivity index (χ0n) is 37.5. The van der Waals surface area contributed by atoms with Gasteiger partial charge in [0.25, 0.3) is 0 Å². The van der Waals surface area contributed by atoms with E-state index in [1.54, 1.807) is 26.4 Å². The Morgan fingerprint density at radius 1 is 0.538 bits per heavy atom. The zero-order chi connectivity index (χ0) is 46.6. The van der Waals surface area contributed by atoms with Crippen molar-refractivity contribution in [3.63, 3.8) is 0 Å². The highest BCUT2D eigenvalue weighted by atomic mass is 19.4. The molecule has 0 spiro atoms. The average Bonchev–Trinajstić information content (AvgIpc) is 3.86. The fraction of sp³-hybridized carbons (Fsp3) is 0.429. The number of methoxy groups -OCH3 is 4. The first-order chi connectivity index (χ1) is 31.4. The van der Waals surface area contributed by atoms with Gasteiger partial charge in [-0.1, -0.05) is 12.1 Å². The average molecular weight is 907 g/mol. The lowest BCUT2D eigenvalue weighted by Gasteiger charge is -2.11. The van der Waals surface area contributed by atoms with Crippen molar-refractivity contribution in [1.29, 1.82) is 0 Å². The summed E-state index contributed by atoms with van der Waals surface area (Å²) < 4.78 is 87.9. The molecular weight excluding hydrogens is 849 g/mol. The molecule has 65 heavy (non-hydrogen) atoms. The summed E-state index contributed by atoms with van der Waals surface area (Å²) in [6.45, 7) is 3.61. The summed E-state index contributed by atoms with van der Waals surface area (Å²) in [7, 11) is 6.09. The molecule has 0 unspecified atom stereocenters. The number of ether oxygens (including phenoxy) is 6. The van der Waals surface area contributed by atoms with Crippen LogP contribution in [-0.4, -0.2) is 85.9 Å².